The SMILES string of the molecule is O=C1c2ccccc2C(=O)C1c1ccc(-c2ccc(C(F)(F)F)cc2)cc1. The molecule has 0 saturated heterocycles. The number of carbonyl (C=O) groups is 2. The molecule has 0 saturated carbocycles. The van der Waals surface area contributed by atoms with E-state index in [0.717, 1.165) is 12.1 Å². The van der Waals surface area contributed by atoms with Crippen molar-refractivity contribution in [3.63, 3.8) is 0 Å². The Balaban J connectivity index is 1.62. The average molecular weight is 366 g/mol. The van der Waals surface area contributed by atoms with Crippen LogP contribution in [0.4, 0.5) is 13.2 Å². The van der Waals surface area contributed by atoms with E-state index in [1.807, 2.05) is 0 Å². The third kappa shape index (κ3) is 2.95. The fraction of sp³-hybridized carbons (Fsp3) is 0.0909. The number of hydrogen-bond acceptors (Lipinski definition) is 2. The van der Waals surface area contributed by atoms with Crippen LogP contribution in [-0.4, -0.2) is 11.6 Å². The number of hydrogen-bond donors (Lipinski definition) is 0. The highest BCUT2D eigenvalue weighted by atomic mass is 19.4. The lowest BCUT2D eigenvalue weighted by atomic mass is 9.92. The summed E-state index contributed by atoms with van der Waals surface area (Å²) >= 11 is 0. The van der Waals surface area contributed by atoms with Gasteiger partial charge in [-0.15, -0.1) is 0 Å². The van der Waals surface area contributed by atoms with Crippen molar-refractivity contribution in [2.24, 2.45) is 0 Å². The van der Waals surface area contributed by atoms with Gasteiger partial charge < -0.3 is 0 Å². The Morgan fingerprint density at radius 2 is 1.07 bits per heavy atom. The predicted octanol–water partition coefficient (Wildman–Crippen LogP) is 5.54. The number of ketones is 2. The molecular formula is C22H13F3O2. The molecule has 0 atom stereocenters. The highest BCUT2D eigenvalue weighted by molar-refractivity contribution is 6.29. The van der Waals surface area contributed by atoms with E-state index in [4.69, 9.17) is 0 Å². The molecule has 0 spiro atoms. The van der Waals surface area contributed by atoms with Crippen molar-refractivity contribution < 1.29 is 22.8 Å². The Morgan fingerprint density at radius 3 is 1.52 bits per heavy atom. The number of benzene rings is 3. The number of carbonyl (C=O) groups excluding carboxylic acids is 2. The fourth-order valence-corrected chi connectivity index (χ4v) is 3.37. The molecule has 0 bridgehead atoms. The van der Waals surface area contributed by atoms with Crippen LogP contribution in [0.2, 0.25) is 0 Å². The van der Waals surface area contributed by atoms with Crippen LogP contribution < -0.4 is 0 Å². The minimum absolute atomic E-state index is 0.224. The molecule has 3 aromatic carbocycles. The van der Waals surface area contributed by atoms with Gasteiger partial charge in [0, 0.05) is 11.1 Å². The number of fused-ring (bicyclic) bond motifs is 1. The van der Waals surface area contributed by atoms with Gasteiger partial charge in [-0.1, -0.05) is 60.7 Å². The lowest BCUT2D eigenvalue weighted by Gasteiger charge is -2.10. The second-order valence-corrected chi connectivity index (χ2v) is 6.40. The number of Topliss-reactive ketones (excluding diaryl/α,β-unsaturated/α-hetero) is 2. The molecule has 0 fully saturated rings. The molecule has 134 valence electrons. The Labute approximate surface area is 153 Å². The third-order valence-corrected chi connectivity index (χ3v) is 4.77. The predicted molar refractivity (Wildman–Crippen MR) is 94.7 cm³/mol. The van der Waals surface area contributed by atoms with Crippen LogP contribution in [0, 0.1) is 0 Å². The van der Waals surface area contributed by atoms with Gasteiger partial charge in [0.25, 0.3) is 0 Å². The topological polar surface area (TPSA) is 34.1 Å². The van der Waals surface area contributed by atoms with Gasteiger partial charge in [0.15, 0.2) is 11.6 Å². The van der Waals surface area contributed by atoms with Crippen molar-refractivity contribution in [3.8, 4) is 11.1 Å². The lowest BCUT2D eigenvalue weighted by Crippen LogP contribution is -2.12. The summed E-state index contributed by atoms with van der Waals surface area (Å²) in [6.07, 6.45) is -4.37. The normalized spacial score (nSPS) is 14.5. The molecule has 27 heavy (non-hydrogen) atoms. The average Bonchev–Trinajstić information content (AvgIpc) is 2.92. The van der Waals surface area contributed by atoms with E-state index < -0.39 is 17.7 Å². The quantitative estimate of drug-likeness (QED) is 0.559. The van der Waals surface area contributed by atoms with Crippen LogP contribution in [0.15, 0.2) is 72.8 Å². The zero-order valence-corrected chi connectivity index (χ0v) is 14.0. The lowest BCUT2D eigenvalue weighted by molar-refractivity contribution is -0.137. The first-order chi connectivity index (χ1) is 12.9. The Bertz CT molecular complexity index is 997. The van der Waals surface area contributed by atoms with Gasteiger partial charge in [-0.25, -0.2) is 0 Å². The molecule has 0 aromatic heterocycles. The largest absolute Gasteiger partial charge is 0.416 e. The molecule has 1 aliphatic rings. The van der Waals surface area contributed by atoms with Crippen LogP contribution in [0.1, 0.15) is 37.8 Å². The Morgan fingerprint density at radius 1 is 0.630 bits per heavy atom. The van der Waals surface area contributed by atoms with Gasteiger partial charge in [0.2, 0.25) is 0 Å². The molecular weight excluding hydrogens is 353 g/mol. The molecule has 0 radical (unpaired) electrons. The smallest absolute Gasteiger partial charge is 0.293 e. The van der Waals surface area contributed by atoms with Gasteiger partial charge >= 0.3 is 6.18 Å². The minimum Gasteiger partial charge on any atom is -0.293 e. The molecule has 3 aromatic rings. The first-order valence-corrected chi connectivity index (χ1v) is 8.31. The highest BCUT2D eigenvalue weighted by Crippen LogP contribution is 2.35. The maximum atomic E-state index is 12.7. The van der Waals surface area contributed by atoms with E-state index in [1.165, 1.54) is 12.1 Å². The third-order valence-electron chi connectivity index (χ3n) is 4.77. The fourth-order valence-electron chi connectivity index (χ4n) is 3.37. The van der Waals surface area contributed by atoms with E-state index >= 15 is 0 Å². The summed E-state index contributed by atoms with van der Waals surface area (Å²) in [6, 6.07) is 18.4. The molecule has 0 unspecified atom stereocenters. The Hall–Kier alpha value is -3.21. The summed E-state index contributed by atoms with van der Waals surface area (Å²) in [6.45, 7) is 0. The first-order valence-electron chi connectivity index (χ1n) is 8.31. The van der Waals surface area contributed by atoms with E-state index in [0.29, 0.717) is 27.8 Å². The summed E-state index contributed by atoms with van der Waals surface area (Å²) in [5.74, 6) is -1.31. The molecule has 0 amide bonds. The molecule has 4 rings (SSSR count). The number of rotatable bonds is 2. The molecule has 0 N–H and O–H groups in total. The zero-order valence-electron chi connectivity index (χ0n) is 14.0. The molecule has 0 aliphatic heterocycles. The van der Waals surface area contributed by atoms with E-state index in [2.05, 4.69) is 0 Å². The van der Waals surface area contributed by atoms with Crippen molar-refractivity contribution in [1.29, 1.82) is 0 Å². The second kappa shape index (κ2) is 6.20. The summed E-state index contributed by atoms with van der Waals surface area (Å²) in [7, 11) is 0. The summed E-state index contributed by atoms with van der Waals surface area (Å²) in [5.41, 5.74) is 2.07. The number of alkyl halides is 3. The van der Waals surface area contributed by atoms with Crippen LogP contribution >= 0.6 is 0 Å². The molecule has 0 heterocycles. The van der Waals surface area contributed by atoms with Gasteiger partial charge in [-0.05, 0) is 28.8 Å². The zero-order chi connectivity index (χ0) is 19.2. The van der Waals surface area contributed by atoms with E-state index in [1.54, 1.807) is 48.5 Å². The van der Waals surface area contributed by atoms with Crippen LogP contribution in [0.3, 0.4) is 0 Å². The summed E-state index contributed by atoms with van der Waals surface area (Å²) in [5, 5.41) is 0. The monoisotopic (exact) mass is 366 g/mol. The van der Waals surface area contributed by atoms with Crippen molar-refractivity contribution in [3.05, 3.63) is 95.1 Å². The van der Waals surface area contributed by atoms with E-state index in [9.17, 15) is 22.8 Å². The Kier molecular flexibility index (Phi) is 3.95. The standard InChI is InChI=1S/C22H13F3O2/c23-22(24,25)16-11-9-14(10-12-16)13-5-7-15(8-6-13)19-20(26)17-3-1-2-4-18(17)21(19)27/h1-12,19H. The summed E-state index contributed by atoms with van der Waals surface area (Å²) in [4.78, 5) is 25.1. The molecule has 2 nitrogen and oxygen atoms in total. The maximum Gasteiger partial charge on any atom is 0.416 e. The van der Waals surface area contributed by atoms with Crippen LogP contribution in [0.25, 0.3) is 11.1 Å². The first kappa shape index (κ1) is 17.2. The van der Waals surface area contributed by atoms with Gasteiger partial charge in [-0.2, -0.15) is 13.2 Å². The maximum absolute atomic E-state index is 12.7. The second-order valence-electron chi connectivity index (χ2n) is 6.40. The number of halogens is 3. The van der Waals surface area contributed by atoms with Gasteiger partial charge in [0.1, 0.15) is 5.92 Å². The molecule has 1 aliphatic carbocycles. The van der Waals surface area contributed by atoms with Crippen LogP contribution in [0.5, 0.6) is 0 Å². The summed E-state index contributed by atoms with van der Waals surface area (Å²) < 4.78 is 38.0. The van der Waals surface area contributed by atoms with Crippen molar-refractivity contribution >= 4 is 11.6 Å². The van der Waals surface area contributed by atoms with Crippen molar-refractivity contribution in [1.82, 2.24) is 0 Å². The minimum atomic E-state index is -4.37. The molecule has 5 heteroatoms. The van der Waals surface area contributed by atoms with Crippen molar-refractivity contribution in [2.75, 3.05) is 0 Å². The van der Waals surface area contributed by atoms with Gasteiger partial charge in [-0.3, -0.25) is 9.59 Å². The van der Waals surface area contributed by atoms with Crippen LogP contribution in [-0.2, 0) is 6.18 Å². The van der Waals surface area contributed by atoms with Gasteiger partial charge in [0.05, 0.1) is 5.56 Å². The van der Waals surface area contributed by atoms with Crippen molar-refractivity contribution in [2.45, 2.75) is 12.1 Å². The van der Waals surface area contributed by atoms with E-state index in [-0.39, 0.29) is 11.6 Å². The highest BCUT2D eigenvalue weighted by Gasteiger charge is 2.39.